The van der Waals surface area contributed by atoms with Crippen molar-refractivity contribution in [3.05, 3.63) is 91.0 Å². The molecule has 0 spiro atoms. The number of benzene rings is 4. The Morgan fingerprint density at radius 1 is 0.932 bits per heavy atom. The first-order chi connectivity index (χ1) is 21.4. The van der Waals surface area contributed by atoms with Gasteiger partial charge in [0, 0.05) is 53.3 Å². The summed E-state index contributed by atoms with van der Waals surface area (Å²) in [6, 6.07) is 28.1. The molecule has 1 atom stereocenters. The SMILES string of the molecule is CCCCOc1ccc(S(=O)(=O)Nc2ccc(N3CC(NC[C@H](O)COc4cccc5[nH]c6ccccc6c45)C3)cc2)cc1. The number of para-hydroxylation sites is 1. The van der Waals surface area contributed by atoms with Gasteiger partial charge in [-0.25, -0.2) is 8.42 Å². The molecule has 1 aromatic heterocycles. The summed E-state index contributed by atoms with van der Waals surface area (Å²) in [5.74, 6) is 1.41. The number of rotatable bonds is 14. The van der Waals surface area contributed by atoms with E-state index in [0.29, 0.717) is 24.6 Å². The van der Waals surface area contributed by atoms with E-state index < -0.39 is 16.1 Å². The number of H-pyrrole nitrogens is 1. The Hall–Kier alpha value is -4.25. The third-order valence-corrected chi connectivity index (χ3v) is 9.23. The zero-order valence-electron chi connectivity index (χ0n) is 24.7. The predicted molar refractivity (Wildman–Crippen MR) is 175 cm³/mol. The Kier molecular flexibility index (Phi) is 8.92. The number of aliphatic hydroxyl groups excluding tert-OH is 1. The first-order valence-corrected chi connectivity index (χ1v) is 16.5. The molecule has 6 rings (SSSR count). The van der Waals surface area contributed by atoms with Crippen LogP contribution in [0.1, 0.15) is 19.8 Å². The number of hydrogen-bond donors (Lipinski definition) is 4. The average Bonchev–Trinajstić information content (AvgIpc) is 3.40. The van der Waals surface area contributed by atoms with Gasteiger partial charge < -0.3 is 29.8 Å². The lowest BCUT2D eigenvalue weighted by molar-refractivity contribution is 0.103. The van der Waals surface area contributed by atoms with Crippen molar-refractivity contribution in [2.75, 3.05) is 42.5 Å². The lowest BCUT2D eigenvalue weighted by Gasteiger charge is -2.42. The van der Waals surface area contributed by atoms with Crippen LogP contribution in [0.25, 0.3) is 21.8 Å². The molecule has 44 heavy (non-hydrogen) atoms. The number of aromatic nitrogens is 1. The van der Waals surface area contributed by atoms with Gasteiger partial charge in [-0.05, 0) is 73.2 Å². The minimum atomic E-state index is -3.71. The fraction of sp³-hybridized carbons (Fsp3) is 0.294. The van der Waals surface area contributed by atoms with E-state index in [1.165, 1.54) is 0 Å². The van der Waals surface area contributed by atoms with E-state index in [1.807, 2.05) is 48.5 Å². The van der Waals surface area contributed by atoms with Crippen molar-refractivity contribution >= 4 is 43.2 Å². The zero-order chi connectivity index (χ0) is 30.5. The van der Waals surface area contributed by atoms with Crippen LogP contribution in [0.2, 0.25) is 0 Å². The van der Waals surface area contributed by atoms with Crippen molar-refractivity contribution in [2.24, 2.45) is 0 Å². The number of anilines is 2. The van der Waals surface area contributed by atoms with Gasteiger partial charge in [-0.1, -0.05) is 37.6 Å². The molecule has 0 bridgehead atoms. The minimum Gasteiger partial charge on any atom is -0.494 e. The number of aromatic amines is 1. The van der Waals surface area contributed by atoms with Crippen molar-refractivity contribution in [2.45, 2.75) is 36.8 Å². The lowest BCUT2D eigenvalue weighted by atomic mass is 10.1. The standard InChI is InChI=1S/C34H38N4O5S/c1-2-3-19-42-28-15-17-29(18-16-28)44(40,41)37-24-11-13-26(14-12-24)38-21-25(22-38)35-20-27(39)23-43-33-10-6-9-32-34(33)30-7-4-5-8-31(30)36-32/h4-18,25,27,35-37,39H,2-3,19-23H2,1H3/t27-/m0/s1. The van der Waals surface area contributed by atoms with Crippen LogP contribution in [0.5, 0.6) is 11.5 Å². The van der Waals surface area contributed by atoms with Gasteiger partial charge in [-0.3, -0.25) is 4.72 Å². The Morgan fingerprint density at radius 2 is 1.68 bits per heavy atom. The van der Waals surface area contributed by atoms with Gasteiger partial charge in [0.25, 0.3) is 10.0 Å². The molecule has 1 aliphatic heterocycles. The van der Waals surface area contributed by atoms with Crippen LogP contribution in [0.3, 0.4) is 0 Å². The number of nitrogens with one attached hydrogen (secondary N) is 3. The normalized spacial score (nSPS) is 14.5. The molecule has 230 valence electrons. The maximum absolute atomic E-state index is 12.9. The van der Waals surface area contributed by atoms with Gasteiger partial charge in [0.2, 0.25) is 0 Å². The molecule has 4 N–H and O–H groups in total. The van der Waals surface area contributed by atoms with Crippen molar-refractivity contribution in [3.63, 3.8) is 0 Å². The second kappa shape index (κ2) is 13.2. The Bertz CT molecular complexity index is 1800. The molecule has 1 saturated heterocycles. The maximum Gasteiger partial charge on any atom is 0.261 e. The summed E-state index contributed by atoms with van der Waals surface area (Å²) >= 11 is 0. The number of fused-ring (bicyclic) bond motifs is 3. The van der Waals surface area contributed by atoms with E-state index in [9.17, 15) is 13.5 Å². The number of nitrogens with zero attached hydrogens (tertiary/aromatic N) is 1. The fourth-order valence-corrected chi connectivity index (χ4v) is 6.42. The highest BCUT2D eigenvalue weighted by molar-refractivity contribution is 7.92. The lowest BCUT2D eigenvalue weighted by Crippen LogP contribution is -2.59. The third-order valence-electron chi connectivity index (χ3n) is 7.83. The highest BCUT2D eigenvalue weighted by Crippen LogP contribution is 2.33. The molecule has 1 fully saturated rings. The number of hydrogen-bond acceptors (Lipinski definition) is 7. The van der Waals surface area contributed by atoms with E-state index in [0.717, 1.165) is 59.2 Å². The second-order valence-electron chi connectivity index (χ2n) is 11.2. The molecule has 2 heterocycles. The molecule has 0 saturated carbocycles. The van der Waals surface area contributed by atoms with Crippen LogP contribution >= 0.6 is 0 Å². The monoisotopic (exact) mass is 614 g/mol. The van der Waals surface area contributed by atoms with Crippen LogP contribution in [0.4, 0.5) is 11.4 Å². The van der Waals surface area contributed by atoms with E-state index in [-0.39, 0.29) is 17.5 Å². The highest BCUT2D eigenvalue weighted by Gasteiger charge is 2.27. The summed E-state index contributed by atoms with van der Waals surface area (Å²) in [4.78, 5) is 5.80. The molecule has 0 radical (unpaired) electrons. The molecule has 0 amide bonds. The summed E-state index contributed by atoms with van der Waals surface area (Å²) in [5.41, 5.74) is 3.57. The van der Waals surface area contributed by atoms with E-state index in [1.54, 1.807) is 36.4 Å². The van der Waals surface area contributed by atoms with Crippen molar-refractivity contribution in [1.82, 2.24) is 10.3 Å². The molecule has 1 aliphatic rings. The summed E-state index contributed by atoms with van der Waals surface area (Å²) in [7, 11) is -3.71. The quantitative estimate of drug-likeness (QED) is 0.122. The van der Waals surface area contributed by atoms with Gasteiger partial charge in [0.05, 0.1) is 17.0 Å². The van der Waals surface area contributed by atoms with E-state index >= 15 is 0 Å². The first kappa shape index (κ1) is 29.8. The van der Waals surface area contributed by atoms with Gasteiger partial charge in [0.15, 0.2) is 0 Å². The first-order valence-electron chi connectivity index (χ1n) is 15.0. The molecular formula is C34H38N4O5S. The topological polar surface area (TPSA) is 116 Å². The van der Waals surface area contributed by atoms with E-state index in [4.69, 9.17) is 9.47 Å². The largest absolute Gasteiger partial charge is 0.494 e. The number of sulfonamides is 1. The minimum absolute atomic E-state index is 0.184. The molecule has 0 aliphatic carbocycles. The van der Waals surface area contributed by atoms with E-state index in [2.05, 4.69) is 32.9 Å². The van der Waals surface area contributed by atoms with Gasteiger partial charge in [-0.2, -0.15) is 0 Å². The average molecular weight is 615 g/mol. The highest BCUT2D eigenvalue weighted by atomic mass is 32.2. The predicted octanol–water partition coefficient (Wildman–Crippen LogP) is 5.52. The number of unbranched alkanes of at least 4 members (excludes halogenated alkanes) is 1. The third kappa shape index (κ3) is 6.77. The maximum atomic E-state index is 12.9. The van der Waals surface area contributed by atoms with Crippen LogP contribution in [0.15, 0.2) is 95.9 Å². The Morgan fingerprint density at radius 3 is 2.45 bits per heavy atom. The zero-order valence-corrected chi connectivity index (χ0v) is 25.5. The van der Waals surface area contributed by atoms with Crippen LogP contribution < -0.4 is 24.4 Å². The smallest absolute Gasteiger partial charge is 0.261 e. The van der Waals surface area contributed by atoms with Crippen LogP contribution in [-0.4, -0.2) is 63.5 Å². The molecule has 5 aromatic rings. The molecule has 0 unspecified atom stereocenters. The molecule has 9 nitrogen and oxygen atoms in total. The number of aliphatic hydroxyl groups is 1. The van der Waals surface area contributed by atoms with Gasteiger partial charge in [-0.15, -0.1) is 0 Å². The van der Waals surface area contributed by atoms with Crippen molar-refractivity contribution in [3.8, 4) is 11.5 Å². The van der Waals surface area contributed by atoms with Crippen LogP contribution in [0, 0.1) is 0 Å². The Labute approximate surface area is 257 Å². The summed E-state index contributed by atoms with van der Waals surface area (Å²) in [6.07, 6.45) is 1.34. The Balaban J connectivity index is 0.946. The summed E-state index contributed by atoms with van der Waals surface area (Å²) in [5, 5.41) is 16.1. The summed E-state index contributed by atoms with van der Waals surface area (Å²) in [6.45, 7) is 4.90. The molecule has 4 aromatic carbocycles. The fourth-order valence-electron chi connectivity index (χ4n) is 5.36. The van der Waals surface area contributed by atoms with Crippen molar-refractivity contribution in [1.29, 1.82) is 0 Å². The van der Waals surface area contributed by atoms with Gasteiger partial charge in [0.1, 0.15) is 24.2 Å². The summed E-state index contributed by atoms with van der Waals surface area (Å²) < 4.78 is 40.0. The van der Waals surface area contributed by atoms with Crippen molar-refractivity contribution < 1.29 is 23.0 Å². The molecule has 10 heteroatoms. The van der Waals surface area contributed by atoms with Gasteiger partial charge >= 0.3 is 0 Å². The molecular weight excluding hydrogens is 576 g/mol. The number of ether oxygens (including phenoxy) is 2. The van der Waals surface area contributed by atoms with Crippen LogP contribution in [-0.2, 0) is 10.0 Å². The second-order valence-corrected chi connectivity index (χ2v) is 12.8.